The number of methoxy groups -OCH3 is 1. The van der Waals surface area contributed by atoms with Gasteiger partial charge in [0.05, 0.1) is 24.1 Å². The molecule has 0 atom stereocenters. The van der Waals surface area contributed by atoms with Crippen LogP contribution in [0.2, 0.25) is 0 Å². The van der Waals surface area contributed by atoms with Crippen LogP contribution in [-0.4, -0.2) is 24.0 Å². The molecule has 0 saturated carbocycles. The number of nitrogens with zero attached hydrogens (tertiary/aromatic N) is 1. The third kappa shape index (κ3) is 5.79. The van der Waals surface area contributed by atoms with Gasteiger partial charge in [0.2, 0.25) is 5.91 Å². The quantitative estimate of drug-likeness (QED) is 0.350. The van der Waals surface area contributed by atoms with Gasteiger partial charge in [-0.1, -0.05) is 49.4 Å². The molecule has 3 rings (SSSR count). The highest BCUT2D eigenvalue weighted by molar-refractivity contribution is 9.10. The number of carbonyl (C=O) groups excluding carboxylic acids is 2. The number of anilines is 2. The maximum atomic E-state index is 12.2. The number of nitrogens with one attached hydrogen (secondary N) is 2. The van der Waals surface area contributed by atoms with E-state index in [-0.39, 0.29) is 11.9 Å². The Balaban J connectivity index is 1.81. The first kappa shape index (κ1) is 24.5. The average Bonchev–Trinajstić information content (AvgIpc) is 2.83. The Labute approximate surface area is 202 Å². The van der Waals surface area contributed by atoms with Crippen LogP contribution in [0.25, 0.3) is 11.1 Å². The van der Waals surface area contributed by atoms with Gasteiger partial charge in [-0.15, -0.1) is 0 Å². The number of benzene rings is 2. The molecule has 0 unspecified atom stereocenters. The smallest absolute Gasteiger partial charge is 0.338 e. The van der Waals surface area contributed by atoms with Gasteiger partial charge in [-0.2, -0.15) is 0 Å². The van der Waals surface area contributed by atoms with Gasteiger partial charge in [0.15, 0.2) is 5.82 Å². The number of rotatable bonds is 8. The Hall–Kier alpha value is -3.19. The molecule has 3 aromatic rings. The van der Waals surface area contributed by atoms with E-state index in [1.165, 1.54) is 7.11 Å². The molecule has 0 aliphatic heterocycles. The predicted octanol–water partition coefficient (Wildman–Crippen LogP) is 6.27. The topological polar surface area (TPSA) is 80.3 Å². The molecule has 0 radical (unpaired) electrons. The number of aryl methyl sites for hydroxylation is 1. The summed E-state index contributed by atoms with van der Waals surface area (Å²) < 4.78 is 5.78. The molecule has 33 heavy (non-hydrogen) atoms. The largest absolute Gasteiger partial charge is 0.465 e. The fourth-order valence-electron chi connectivity index (χ4n) is 3.55. The number of aromatic nitrogens is 1. The van der Waals surface area contributed by atoms with Gasteiger partial charge in [0, 0.05) is 17.4 Å². The summed E-state index contributed by atoms with van der Waals surface area (Å²) in [7, 11) is 1.38. The summed E-state index contributed by atoms with van der Waals surface area (Å²) in [6.45, 7) is 6.39. The Bertz CT molecular complexity index is 1160. The minimum absolute atomic E-state index is 0.0326. The Morgan fingerprint density at radius 1 is 1.06 bits per heavy atom. The van der Waals surface area contributed by atoms with Gasteiger partial charge < -0.3 is 15.4 Å². The summed E-state index contributed by atoms with van der Waals surface area (Å²) in [6, 6.07) is 15.4. The monoisotopic (exact) mass is 509 g/mol. The van der Waals surface area contributed by atoms with Crippen molar-refractivity contribution in [3.05, 3.63) is 75.4 Å². The van der Waals surface area contributed by atoms with Crippen LogP contribution in [0.5, 0.6) is 0 Å². The van der Waals surface area contributed by atoms with Crippen molar-refractivity contribution in [2.75, 3.05) is 17.7 Å². The predicted molar refractivity (Wildman–Crippen MR) is 135 cm³/mol. The van der Waals surface area contributed by atoms with Gasteiger partial charge in [0.25, 0.3) is 0 Å². The standard InChI is InChI=1S/C26H28BrN3O3/c1-5-8-22(31)30-24-16(2)23(27)17(3)29-25(24)28-15-18-11-13-19(14-12-18)20-9-6-7-10-21(20)26(32)33-4/h6-7,9-14H,5,8,15H2,1-4H3,(H,28,29)(H,30,31). The molecule has 1 heterocycles. The zero-order valence-electron chi connectivity index (χ0n) is 19.3. The SMILES string of the molecule is CCCC(=O)Nc1c(NCc2ccc(-c3ccccc3C(=O)OC)cc2)nc(C)c(Br)c1C. The summed E-state index contributed by atoms with van der Waals surface area (Å²) in [4.78, 5) is 29.0. The maximum absolute atomic E-state index is 12.2. The first-order valence-corrected chi connectivity index (χ1v) is 11.6. The Kier molecular flexibility index (Phi) is 8.22. The van der Waals surface area contributed by atoms with Crippen molar-refractivity contribution in [3.8, 4) is 11.1 Å². The summed E-state index contributed by atoms with van der Waals surface area (Å²) in [5.74, 6) is 0.244. The molecule has 0 fully saturated rings. The van der Waals surface area contributed by atoms with Crippen LogP contribution in [-0.2, 0) is 16.1 Å². The highest BCUT2D eigenvalue weighted by Gasteiger charge is 2.16. The van der Waals surface area contributed by atoms with Crippen molar-refractivity contribution in [1.29, 1.82) is 0 Å². The van der Waals surface area contributed by atoms with Gasteiger partial charge in [-0.05, 0) is 64.5 Å². The van der Waals surface area contributed by atoms with E-state index >= 15 is 0 Å². The van der Waals surface area contributed by atoms with Crippen molar-refractivity contribution in [3.63, 3.8) is 0 Å². The summed E-state index contributed by atoms with van der Waals surface area (Å²) >= 11 is 3.57. The third-order valence-electron chi connectivity index (χ3n) is 5.34. The Morgan fingerprint density at radius 2 is 1.76 bits per heavy atom. The fourth-order valence-corrected chi connectivity index (χ4v) is 3.84. The second-order valence-corrected chi connectivity index (χ2v) is 8.54. The zero-order valence-corrected chi connectivity index (χ0v) is 20.9. The summed E-state index contributed by atoms with van der Waals surface area (Å²) in [5.41, 5.74) is 5.80. The molecule has 2 N–H and O–H groups in total. The van der Waals surface area contributed by atoms with Crippen LogP contribution in [0.15, 0.2) is 53.0 Å². The van der Waals surface area contributed by atoms with E-state index in [1.807, 2.05) is 63.2 Å². The minimum atomic E-state index is -0.360. The lowest BCUT2D eigenvalue weighted by Gasteiger charge is -2.17. The number of carbonyl (C=O) groups is 2. The van der Waals surface area contributed by atoms with Crippen molar-refractivity contribution in [2.24, 2.45) is 0 Å². The molecule has 0 spiro atoms. The second-order valence-electron chi connectivity index (χ2n) is 7.75. The number of esters is 1. The van der Waals surface area contributed by atoms with Crippen molar-refractivity contribution in [1.82, 2.24) is 4.98 Å². The van der Waals surface area contributed by atoms with Crippen LogP contribution in [0, 0.1) is 13.8 Å². The lowest BCUT2D eigenvalue weighted by atomic mass is 9.98. The molecule has 6 nitrogen and oxygen atoms in total. The molecule has 7 heteroatoms. The highest BCUT2D eigenvalue weighted by atomic mass is 79.9. The van der Waals surface area contributed by atoms with E-state index in [9.17, 15) is 9.59 Å². The number of amides is 1. The highest BCUT2D eigenvalue weighted by Crippen LogP contribution is 2.33. The second kappa shape index (κ2) is 11.1. The van der Waals surface area contributed by atoms with Crippen LogP contribution in [0.1, 0.15) is 46.9 Å². The molecule has 2 aromatic carbocycles. The van der Waals surface area contributed by atoms with Crippen molar-refractivity contribution >= 4 is 39.3 Å². The third-order valence-corrected chi connectivity index (χ3v) is 6.51. The van der Waals surface area contributed by atoms with Crippen LogP contribution < -0.4 is 10.6 Å². The van der Waals surface area contributed by atoms with Gasteiger partial charge in [-0.3, -0.25) is 4.79 Å². The normalized spacial score (nSPS) is 10.6. The van der Waals surface area contributed by atoms with E-state index in [0.717, 1.165) is 38.8 Å². The van der Waals surface area contributed by atoms with Gasteiger partial charge in [-0.25, -0.2) is 9.78 Å². The molecule has 0 bridgehead atoms. The first-order valence-electron chi connectivity index (χ1n) is 10.8. The van der Waals surface area contributed by atoms with E-state index in [0.29, 0.717) is 30.0 Å². The number of ether oxygens (including phenoxy) is 1. The molecule has 1 aromatic heterocycles. The maximum Gasteiger partial charge on any atom is 0.338 e. The van der Waals surface area contributed by atoms with E-state index in [2.05, 4.69) is 31.5 Å². The molecule has 0 aliphatic carbocycles. The lowest BCUT2D eigenvalue weighted by molar-refractivity contribution is -0.116. The molecule has 1 amide bonds. The van der Waals surface area contributed by atoms with E-state index in [4.69, 9.17) is 4.74 Å². The number of hydrogen-bond acceptors (Lipinski definition) is 5. The van der Waals surface area contributed by atoms with Crippen LogP contribution in [0.4, 0.5) is 11.5 Å². The average molecular weight is 510 g/mol. The molecule has 0 saturated heterocycles. The summed E-state index contributed by atoms with van der Waals surface area (Å²) in [5, 5.41) is 6.36. The lowest BCUT2D eigenvalue weighted by Crippen LogP contribution is -2.15. The van der Waals surface area contributed by atoms with Crippen molar-refractivity contribution in [2.45, 2.75) is 40.2 Å². The van der Waals surface area contributed by atoms with E-state index < -0.39 is 0 Å². The first-order chi connectivity index (χ1) is 15.8. The zero-order chi connectivity index (χ0) is 24.0. The number of pyridine rings is 1. The van der Waals surface area contributed by atoms with Crippen molar-refractivity contribution < 1.29 is 14.3 Å². The molecular weight excluding hydrogens is 482 g/mol. The van der Waals surface area contributed by atoms with E-state index in [1.54, 1.807) is 6.07 Å². The fraction of sp³-hybridized carbons (Fsp3) is 0.269. The molecule has 0 aliphatic rings. The van der Waals surface area contributed by atoms with Gasteiger partial charge in [0.1, 0.15) is 0 Å². The number of halogens is 1. The molecular formula is C26H28BrN3O3. The number of hydrogen-bond donors (Lipinski definition) is 2. The minimum Gasteiger partial charge on any atom is -0.465 e. The van der Waals surface area contributed by atoms with Crippen LogP contribution in [0.3, 0.4) is 0 Å². The Morgan fingerprint density at radius 3 is 2.42 bits per heavy atom. The summed E-state index contributed by atoms with van der Waals surface area (Å²) in [6.07, 6.45) is 1.23. The molecule has 172 valence electrons. The van der Waals surface area contributed by atoms with Crippen LogP contribution >= 0.6 is 15.9 Å². The van der Waals surface area contributed by atoms with Gasteiger partial charge >= 0.3 is 5.97 Å².